The first-order valence-electron chi connectivity index (χ1n) is 12.0. The van der Waals surface area contributed by atoms with Crippen molar-refractivity contribution in [1.29, 1.82) is 0 Å². The molecule has 9 heteroatoms. The Bertz CT molecular complexity index is 1000. The van der Waals surface area contributed by atoms with Crippen LogP contribution in [0.15, 0.2) is 23.1 Å². The molecule has 1 N–H and O–H groups in total. The minimum atomic E-state index is -3.69. The van der Waals surface area contributed by atoms with E-state index >= 15 is 0 Å². The smallest absolute Gasteiger partial charge is 0.265 e. The van der Waals surface area contributed by atoms with Gasteiger partial charge in [-0.25, -0.2) is 8.42 Å². The fraction of sp³-hybridized carbons (Fsp3) is 0.667. The van der Waals surface area contributed by atoms with E-state index in [1.54, 1.807) is 6.07 Å². The van der Waals surface area contributed by atoms with Crippen LogP contribution in [0.3, 0.4) is 0 Å². The molecule has 2 fully saturated rings. The van der Waals surface area contributed by atoms with Gasteiger partial charge in [-0.05, 0) is 55.2 Å². The quantitative estimate of drug-likeness (QED) is 0.704. The highest BCUT2D eigenvalue weighted by atomic mass is 32.2. The van der Waals surface area contributed by atoms with Crippen molar-refractivity contribution < 1.29 is 22.7 Å². The standard InChI is InChI=1S/C24H35N3O5S/c1-16-9-11-26(12-10-16)33(30,31)19-7-8-22-21(13-19)27(24(29)15-32-22)14-23(28)25-20-6-4-5-17(2)18(20)3/h7-8,13,16-18,20H,4-6,9-12,14-15H2,1-3H3,(H,25,28)/t17-,18-,20-/m1/s1. The van der Waals surface area contributed by atoms with Gasteiger partial charge in [0.15, 0.2) is 6.61 Å². The third-order valence-electron chi connectivity index (χ3n) is 7.61. The maximum atomic E-state index is 13.2. The van der Waals surface area contributed by atoms with E-state index in [9.17, 15) is 18.0 Å². The first kappa shape index (κ1) is 24.0. The summed E-state index contributed by atoms with van der Waals surface area (Å²) in [5, 5.41) is 3.10. The van der Waals surface area contributed by atoms with Gasteiger partial charge in [0.25, 0.3) is 5.91 Å². The first-order chi connectivity index (χ1) is 15.7. The summed E-state index contributed by atoms with van der Waals surface area (Å²) in [6.07, 6.45) is 4.83. The molecule has 1 saturated heterocycles. The monoisotopic (exact) mass is 477 g/mol. The van der Waals surface area contributed by atoms with E-state index in [-0.39, 0.29) is 35.9 Å². The van der Waals surface area contributed by atoms with Crippen molar-refractivity contribution >= 4 is 27.5 Å². The summed E-state index contributed by atoms with van der Waals surface area (Å²) < 4.78 is 33.5. The lowest BCUT2D eigenvalue weighted by Gasteiger charge is -2.35. The Morgan fingerprint density at radius 2 is 1.85 bits per heavy atom. The summed E-state index contributed by atoms with van der Waals surface area (Å²) in [5.74, 6) is 1.24. The van der Waals surface area contributed by atoms with Gasteiger partial charge >= 0.3 is 0 Å². The van der Waals surface area contributed by atoms with Gasteiger partial charge in [-0.2, -0.15) is 4.31 Å². The molecule has 0 radical (unpaired) electrons. The first-order valence-corrected chi connectivity index (χ1v) is 13.5. The van der Waals surface area contributed by atoms with E-state index in [0.29, 0.717) is 42.3 Å². The van der Waals surface area contributed by atoms with E-state index in [0.717, 1.165) is 32.1 Å². The Hall–Kier alpha value is -2.13. The number of fused-ring (bicyclic) bond motifs is 1. The molecular formula is C24H35N3O5S. The highest BCUT2D eigenvalue weighted by Gasteiger charge is 2.34. The molecule has 1 aromatic rings. The zero-order chi connectivity index (χ0) is 23.8. The number of benzene rings is 1. The van der Waals surface area contributed by atoms with Gasteiger partial charge in [-0.3, -0.25) is 14.5 Å². The van der Waals surface area contributed by atoms with Crippen LogP contribution in [0.4, 0.5) is 5.69 Å². The molecule has 1 saturated carbocycles. The van der Waals surface area contributed by atoms with Crippen LogP contribution in [0.25, 0.3) is 0 Å². The van der Waals surface area contributed by atoms with Gasteiger partial charge in [0.1, 0.15) is 12.3 Å². The number of carbonyl (C=O) groups excluding carboxylic acids is 2. The van der Waals surface area contributed by atoms with Gasteiger partial charge in [-0.1, -0.05) is 33.6 Å². The van der Waals surface area contributed by atoms with Crippen LogP contribution in [-0.2, 0) is 19.6 Å². The minimum Gasteiger partial charge on any atom is -0.482 e. The normalized spacial score (nSPS) is 27.1. The number of anilines is 1. The van der Waals surface area contributed by atoms with Crippen LogP contribution in [0.5, 0.6) is 5.75 Å². The maximum absolute atomic E-state index is 13.2. The van der Waals surface area contributed by atoms with E-state index < -0.39 is 10.0 Å². The molecular weight excluding hydrogens is 442 g/mol. The number of rotatable bonds is 5. The average molecular weight is 478 g/mol. The van der Waals surface area contributed by atoms with Crippen LogP contribution in [-0.4, -0.2) is 56.8 Å². The molecule has 0 bridgehead atoms. The predicted octanol–water partition coefficient (Wildman–Crippen LogP) is 2.77. The number of hydrogen-bond donors (Lipinski definition) is 1. The number of nitrogens with one attached hydrogen (secondary N) is 1. The van der Waals surface area contributed by atoms with Crippen molar-refractivity contribution in [2.45, 2.75) is 63.8 Å². The molecule has 1 aliphatic carbocycles. The number of nitrogens with zero attached hydrogens (tertiary/aromatic N) is 2. The van der Waals surface area contributed by atoms with Gasteiger partial charge in [0.05, 0.1) is 10.6 Å². The number of sulfonamides is 1. The van der Waals surface area contributed by atoms with Crippen LogP contribution in [0, 0.1) is 17.8 Å². The molecule has 2 aliphatic heterocycles. The summed E-state index contributed by atoms with van der Waals surface area (Å²) in [6.45, 7) is 7.13. The number of ether oxygens (including phenoxy) is 1. The largest absolute Gasteiger partial charge is 0.482 e. The predicted molar refractivity (Wildman–Crippen MR) is 126 cm³/mol. The van der Waals surface area contributed by atoms with Crippen molar-refractivity contribution in [1.82, 2.24) is 9.62 Å². The molecule has 8 nitrogen and oxygen atoms in total. The lowest BCUT2D eigenvalue weighted by molar-refractivity contribution is -0.126. The second-order valence-corrected chi connectivity index (χ2v) is 11.9. The summed E-state index contributed by atoms with van der Waals surface area (Å²) >= 11 is 0. The Kier molecular flexibility index (Phi) is 7.00. The van der Waals surface area contributed by atoms with Gasteiger partial charge in [0.2, 0.25) is 15.9 Å². The molecule has 33 heavy (non-hydrogen) atoms. The van der Waals surface area contributed by atoms with Crippen molar-refractivity contribution in [2.24, 2.45) is 17.8 Å². The molecule has 3 aliphatic rings. The third-order valence-corrected chi connectivity index (χ3v) is 9.50. The molecule has 182 valence electrons. The van der Waals surface area contributed by atoms with Gasteiger partial charge in [0, 0.05) is 19.1 Å². The highest BCUT2D eigenvalue weighted by molar-refractivity contribution is 7.89. The molecule has 1 aromatic carbocycles. The summed E-state index contributed by atoms with van der Waals surface area (Å²) in [7, 11) is -3.69. The fourth-order valence-corrected chi connectivity index (χ4v) is 6.56. The summed E-state index contributed by atoms with van der Waals surface area (Å²) in [6, 6.07) is 4.66. The van der Waals surface area contributed by atoms with Crippen LogP contribution >= 0.6 is 0 Å². The molecule has 3 atom stereocenters. The third kappa shape index (κ3) is 5.04. The van der Waals surface area contributed by atoms with Crippen molar-refractivity contribution in [3.05, 3.63) is 18.2 Å². The molecule has 0 spiro atoms. The second-order valence-electron chi connectivity index (χ2n) is 9.93. The van der Waals surface area contributed by atoms with Crippen LogP contribution < -0.4 is 15.0 Å². The molecule has 4 rings (SSSR count). The Balaban J connectivity index is 1.53. The zero-order valence-corrected chi connectivity index (χ0v) is 20.6. The van der Waals surface area contributed by atoms with Crippen LogP contribution in [0.2, 0.25) is 0 Å². The average Bonchev–Trinajstić information content (AvgIpc) is 2.79. The fourth-order valence-electron chi connectivity index (χ4n) is 5.07. The van der Waals surface area contributed by atoms with E-state index in [1.807, 2.05) is 0 Å². The van der Waals surface area contributed by atoms with Crippen molar-refractivity contribution in [3.63, 3.8) is 0 Å². The van der Waals surface area contributed by atoms with Gasteiger partial charge < -0.3 is 10.1 Å². The Morgan fingerprint density at radius 3 is 2.58 bits per heavy atom. The maximum Gasteiger partial charge on any atom is 0.265 e. The van der Waals surface area contributed by atoms with Crippen LogP contribution in [0.1, 0.15) is 52.9 Å². The van der Waals surface area contributed by atoms with Gasteiger partial charge in [-0.15, -0.1) is 0 Å². The highest BCUT2D eigenvalue weighted by Crippen LogP contribution is 2.36. The number of piperidine rings is 1. The molecule has 2 amide bonds. The van der Waals surface area contributed by atoms with Crippen molar-refractivity contribution in [3.8, 4) is 5.75 Å². The Labute approximate surface area is 196 Å². The summed E-state index contributed by atoms with van der Waals surface area (Å²) in [4.78, 5) is 27.0. The van der Waals surface area contributed by atoms with E-state index in [1.165, 1.54) is 21.3 Å². The lowest BCUT2D eigenvalue weighted by atomic mass is 9.78. The topological polar surface area (TPSA) is 96.0 Å². The lowest BCUT2D eigenvalue weighted by Crippen LogP contribution is -2.50. The second kappa shape index (κ2) is 9.62. The SMILES string of the molecule is CC1CCN(S(=O)(=O)c2ccc3c(c2)N(CC(=O)N[C@@H]2CCC[C@@H](C)[C@H]2C)C(=O)CO3)CC1. The summed E-state index contributed by atoms with van der Waals surface area (Å²) in [5.41, 5.74) is 0.331. The number of hydrogen-bond acceptors (Lipinski definition) is 5. The Morgan fingerprint density at radius 1 is 1.12 bits per heavy atom. The number of carbonyl (C=O) groups is 2. The minimum absolute atomic E-state index is 0.0880. The molecule has 0 aromatic heterocycles. The molecule has 2 heterocycles. The van der Waals surface area contributed by atoms with E-state index in [2.05, 4.69) is 26.1 Å². The van der Waals surface area contributed by atoms with Crippen molar-refractivity contribution in [2.75, 3.05) is 31.1 Å². The molecule has 0 unspecified atom stereocenters. The number of amides is 2. The zero-order valence-electron chi connectivity index (χ0n) is 19.7. The van der Waals surface area contributed by atoms with E-state index in [4.69, 9.17) is 4.74 Å².